The zero-order valence-electron chi connectivity index (χ0n) is 38.2. The molecule has 0 spiro atoms. The molecule has 4 heterocycles. The number of hydrogen-bond donors (Lipinski definition) is 0. The second-order valence-corrected chi connectivity index (χ2v) is 19.9. The first-order chi connectivity index (χ1) is 31.7. The normalized spacial score (nSPS) is 17.1. The van der Waals surface area contributed by atoms with Gasteiger partial charge < -0.3 is 13.8 Å². The van der Waals surface area contributed by atoms with Gasteiger partial charge in [0.15, 0.2) is 0 Å². The topological polar surface area (TPSA) is 21.3 Å². The monoisotopic (exact) mass is 838 g/mol. The molecule has 3 aliphatic carbocycles. The molecule has 0 bridgehead atoms. The van der Waals surface area contributed by atoms with Crippen LogP contribution in [0.5, 0.6) is 0 Å². The van der Waals surface area contributed by atoms with Crippen LogP contribution in [0.2, 0.25) is 0 Å². The molecule has 0 amide bonds. The van der Waals surface area contributed by atoms with Crippen LogP contribution in [0.15, 0.2) is 149 Å². The lowest BCUT2D eigenvalue weighted by Gasteiger charge is -2.43. The van der Waals surface area contributed by atoms with E-state index in [0.29, 0.717) is 0 Å². The third kappa shape index (κ3) is 4.89. The highest BCUT2D eigenvalue weighted by Crippen LogP contribution is 2.58. The molecule has 2 aliphatic heterocycles. The molecule has 8 aromatic rings. The minimum Gasteiger partial charge on any atom is -0.456 e. The van der Waals surface area contributed by atoms with Crippen LogP contribution in [0.4, 0.5) is 17.1 Å². The maximum Gasteiger partial charge on any atom is 0.333 e. The Labute approximate surface area is 382 Å². The van der Waals surface area contributed by atoms with Crippen molar-refractivity contribution in [3.63, 3.8) is 0 Å². The highest BCUT2D eigenvalue weighted by atomic mass is 16.3. The van der Waals surface area contributed by atoms with Crippen molar-refractivity contribution in [3.05, 3.63) is 173 Å². The van der Waals surface area contributed by atoms with Crippen molar-refractivity contribution in [1.82, 2.24) is 4.48 Å². The molecule has 5 aliphatic rings. The van der Waals surface area contributed by atoms with Gasteiger partial charge in [-0.1, -0.05) is 150 Å². The van der Waals surface area contributed by atoms with Crippen molar-refractivity contribution < 1.29 is 4.42 Å². The summed E-state index contributed by atoms with van der Waals surface area (Å²) in [7, 11) is 0. The Bertz CT molecular complexity index is 3610. The molecule has 65 heavy (non-hydrogen) atoms. The summed E-state index contributed by atoms with van der Waals surface area (Å²) in [6, 6.07) is 41.2. The van der Waals surface area contributed by atoms with Crippen LogP contribution < -0.4 is 15.8 Å². The average Bonchev–Trinajstić information content (AvgIpc) is 4.01. The molecular formula is C61H51BN2O. The van der Waals surface area contributed by atoms with Gasteiger partial charge in [0.2, 0.25) is 0 Å². The number of hydrogen-bond acceptors (Lipinski definition) is 2. The SMILES string of the molecule is C#CC1=C(/C=C\C)C(C)(C)c2c1n1c3c(cccc23)-c2cc3oc4ccccc4c3c3c2B1c1c(ccc2c1C1=CCCC=C1C2(C)C)N3c1ccc(CCCC)cc1-c1ccccc1. The van der Waals surface area contributed by atoms with E-state index in [4.69, 9.17) is 10.8 Å². The summed E-state index contributed by atoms with van der Waals surface area (Å²) in [4.78, 5) is 2.65. The summed E-state index contributed by atoms with van der Waals surface area (Å²) in [6.07, 6.45) is 21.7. The first-order valence-electron chi connectivity index (χ1n) is 23.8. The zero-order chi connectivity index (χ0) is 44.1. The Kier molecular flexibility index (Phi) is 8.02. The van der Waals surface area contributed by atoms with E-state index in [2.05, 4.69) is 190 Å². The molecule has 0 saturated carbocycles. The fourth-order valence-electron chi connectivity index (χ4n) is 13.0. The van der Waals surface area contributed by atoms with E-state index < -0.39 is 0 Å². The molecule has 2 aromatic heterocycles. The van der Waals surface area contributed by atoms with E-state index >= 15 is 0 Å². The second-order valence-electron chi connectivity index (χ2n) is 19.9. The number of para-hydroxylation sites is 2. The largest absolute Gasteiger partial charge is 0.456 e. The summed E-state index contributed by atoms with van der Waals surface area (Å²) < 4.78 is 9.72. The van der Waals surface area contributed by atoms with Crippen LogP contribution in [0.3, 0.4) is 0 Å². The lowest BCUT2D eigenvalue weighted by molar-refractivity contribution is 0.655. The van der Waals surface area contributed by atoms with E-state index in [9.17, 15) is 0 Å². The van der Waals surface area contributed by atoms with E-state index in [1.165, 1.54) is 106 Å². The van der Waals surface area contributed by atoms with Gasteiger partial charge in [-0.3, -0.25) is 0 Å². The number of terminal acetylenes is 1. The van der Waals surface area contributed by atoms with Crippen molar-refractivity contribution in [2.75, 3.05) is 4.90 Å². The van der Waals surface area contributed by atoms with Crippen LogP contribution in [0.1, 0.15) is 95.2 Å². The van der Waals surface area contributed by atoms with Gasteiger partial charge >= 0.3 is 6.85 Å². The molecule has 3 nitrogen and oxygen atoms in total. The van der Waals surface area contributed by atoms with E-state index in [-0.39, 0.29) is 17.7 Å². The Morgan fingerprint density at radius 1 is 0.769 bits per heavy atom. The number of allylic oxidation sites excluding steroid dienone is 8. The second kappa shape index (κ2) is 13.5. The molecule has 0 saturated heterocycles. The van der Waals surface area contributed by atoms with Crippen LogP contribution in [0.25, 0.3) is 66.2 Å². The van der Waals surface area contributed by atoms with Gasteiger partial charge in [0.05, 0.1) is 28.0 Å². The fourth-order valence-corrected chi connectivity index (χ4v) is 13.0. The Morgan fingerprint density at radius 3 is 2.37 bits per heavy atom. The van der Waals surface area contributed by atoms with Gasteiger partial charge in [0.25, 0.3) is 0 Å². The van der Waals surface area contributed by atoms with Crippen LogP contribution >= 0.6 is 0 Å². The smallest absolute Gasteiger partial charge is 0.333 e. The standard InChI is InChI=1S/C61H51BN2O/c1-8-11-21-36-30-32-48(43(34-36)37-22-13-12-14-23-37)63-49-33-31-47-52(40-24-15-17-28-46(40)60(47,4)5)56(49)62-55-44(35-51-53(59(55)63)41-25-16-18-29-50(41)65-51)39-26-19-27-42-54-58(64(62)57(39)42)38(10-3)45(20-9-2)61(54,6)7/h3,9,12-14,16,18-20,22-35H,8,11,15,17,21H2,1-2,4-7H3/b20-9-. The highest BCUT2D eigenvalue weighted by molar-refractivity contribution is 6.90. The number of aryl methyl sites for hydroxylation is 1. The van der Waals surface area contributed by atoms with Crippen LogP contribution in [-0.4, -0.2) is 11.3 Å². The van der Waals surface area contributed by atoms with Gasteiger partial charge in [-0.25, -0.2) is 0 Å². The van der Waals surface area contributed by atoms with Crippen molar-refractivity contribution in [2.24, 2.45) is 0 Å². The molecule has 0 fully saturated rings. The summed E-state index contributed by atoms with van der Waals surface area (Å²) in [5, 5.41) is 3.54. The van der Waals surface area contributed by atoms with E-state index in [1.807, 2.05) is 0 Å². The molecular weight excluding hydrogens is 787 g/mol. The van der Waals surface area contributed by atoms with Crippen LogP contribution in [-0.2, 0) is 17.3 Å². The molecule has 6 aromatic carbocycles. The van der Waals surface area contributed by atoms with Gasteiger partial charge in [-0.2, -0.15) is 0 Å². The van der Waals surface area contributed by atoms with Gasteiger partial charge in [-0.05, 0) is 124 Å². The summed E-state index contributed by atoms with van der Waals surface area (Å²) in [5.41, 5.74) is 25.4. The predicted molar refractivity (Wildman–Crippen MR) is 276 cm³/mol. The maximum absolute atomic E-state index is 7.00. The summed E-state index contributed by atoms with van der Waals surface area (Å²) in [5.74, 6) is 3.32. The Balaban J connectivity index is 1.26. The zero-order valence-corrected chi connectivity index (χ0v) is 38.2. The molecule has 0 unspecified atom stereocenters. The number of unbranched alkanes of at least 4 members (excludes halogenated alkanes) is 1. The highest BCUT2D eigenvalue weighted by Gasteiger charge is 2.52. The summed E-state index contributed by atoms with van der Waals surface area (Å²) in [6.45, 7) is 13.8. The maximum atomic E-state index is 7.00. The van der Waals surface area contributed by atoms with Crippen molar-refractivity contribution >= 4 is 78.8 Å². The summed E-state index contributed by atoms with van der Waals surface area (Å²) >= 11 is 0. The predicted octanol–water partition coefficient (Wildman–Crippen LogP) is 14.6. The minimum absolute atomic E-state index is 0.156. The fraction of sp³-hybridized carbons (Fsp3) is 0.213. The minimum atomic E-state index is -0.315. The van der Waals surface area contributed by atoms with E-state index in [0.717, 1.165) is 59.6 Å². The molecule has 314 valence electrons. The Morgan fingerprint density at radius 2 is 1.55 bits per heavy atom. The van der Waals surface area contributed by atoms with Crippen molar-refractivity contribution in [3.8, 4) is 34.6 Å². The molecule has 0 radical (unpaired) electrons. The van der Waals surface area contributed by atoms with Gasteiger partial charge in [-0.15, -0.1) is 6.42 Å². The number of anilines is 3. The van der Waals surface area contributed by atoms with Crippen LogP contribution in [0, 0.1) is 12.3 Å². The number of nitrogens with zero attached hydrogens (tertiary/aromatic N) is 2. The Hall–Kier alpha value is -6.96. The third-order valence-electron chi connectivity index (χ3n) is 15.7. The average molecular weight is 839 g/mol. The molecule has 4 heteroatoms. The first-order valence-corrected chi connectivity index (χ1v) is 23.8. The lowest BCUT2D eigenvalue weighted by atomic mass is 9.43. The lowest BCUT2D eigenvalue weighted by Crippen LogP contribution is -2.58. The third-order valence-corrected chi connectivity index (χ3v) is 15.7. The molecule has 0 atom stereocenters. The van der Waals surface area contributed by atoms with Crippen molar-refractivity contribution in [2.45, 2.75) is 84.5 Å². The van der Waals surface area contributed by atoms with E-state index in [1.54, 1.807) is 0 Å². The number of rotatable bonds is 6. The number of fused-ring (bicyclic) bond motifs is 15. The van der Waals surface area contributed by atoms with Crippen molar-refractivity contribution in [1.29, 1.82) is 0 Å². The molecule has 13 rings (SSSR count). The number of furan rings is 1. The number of aromatic nitrogens is 1. The van der Waals surface area contributed by atoms with Gasteiger partial charge in [0, 0.05) is 43.9 Å². The quantitative estimate of drug-likeness (QED) is 0.123. The first kappa shape index (κ1) is 38.5. The van der Waals surface area contributed by atoms with Gasteiger partial charge in [0.1, 0.15) is 11.2 Å². The number of benzene rings is 6. The molecule has 0 N–H and O–H groups in total.